The zero-order valence-corrected chi connectivity index (χ0v) is 15.7. The molecule has 0 spiro atoms. The molecule has 2 heterocycles. The van der Waals surface area contributed by atoms with Crippen molar-refractivity contribution in [2.24, 2.45) is 5.41 Å². The van der Waals surface area contributed by atoms with Crippen LogP contribution in [0.4, 0.5) is 0 Å². The smallest absolute Gasteiger partial charge is 0.311 e. The molecule has 1 aromatic carbocycles. The van der Waals surface area contributed by atoms with Crippen LogP contribution in [0, 0.1) is 5.41 Å². The Kier molecular flexibility index (Phi) is 4.38. The van der Waals surface area contributed by atoms with Gasteiger partial charge in [-0.15, -0.1) is 0 Å². The van der Waals surface area contributed by atoms with Gasteiger partial charge < -0.3 is 10.0 Å². The van der Waals surface area contributed by atoms with Crippen LogP contribution in [-0.4, -0.2) is 44.8 Å². The van der Waals surface area contributed by atoms with E-state index in [1.54, 1.807) is 22.7 Å². The number of aliphatic carboxylic acids is 1. The van der Waals surface area contributed by atoms with E-state index in [2.05, 4.69) is 5.10 Å². The number of carboxylic acids is 1. The van der Waals surface area contributed by atoms with E-state index in [0.29, 0.717) is 18.5 Å². The number of carbonyl (C=O) groups excluding carboxylic acids is 1. The maximum Gasteiger partial charge on any atom is 0.311 e. The first-order valence-electron chi connectivity index (χ1n) is 8.80. The predicted octanol–water partition coefficient (Wildman–Crippen LogP) is 3.11. The van der Waals surface area contributed by atoms with Gasteiger partial charge in [0.1, 0.15) is 0 Å². The van der Waals surface area contributed by atoms with Crippen molar-refractivity contribution in [3.05, 3.63) is 47.8 Å². The molecule has 1 atom stereocenters. The average Bonchev–Trinajstić information content (AvgIpc) is 3.20. The van der Waals surface area contributed by atoms with E-state index < -0.39 is 11.4 Å². The minimum atomic E-state index is -0.882. The lowest BCUT2D eigenvalue weighted by molar-refractivity contribution is -0.147. The fraction of sp³-hybridized carbons (Fsp3) is 0.450. The van der Waals surface area contributed by atoms with Gasteiger partial charge in [0.05, 0.1) is 22.4 Å². The Bertz CT molecular complexity index is 836. The lowest BCUT2D eigenvalue weighted by Crippen LogP contribution is -2.35. The molecule has 138 valence electrons. The minimum absolute atomic E-state index is 0.151. The second-order valence-corrected chi connectivity index (χ2v) is 8.26. The number of likely N-dealkylation sites (tertiary alicyclic amines) is 1. The number of carbonyl (C=O) groups is 2. The van der Waals surface area contributed by atoms with Gasteiger partial charge in [0.2, 0.25) is 0 Å². The van der Waals surface area contributed by atoms with Crippen molar-refractivity contribution < 1.29 is 14.7 Å². The van der Waals surface area contributed by atoms with Crippen molar-refractivity contribution in [3.8, 4) is 5.69 Å². The summed E-state index contributed by atoms with van der Waals surface area (Å²) in [6.07, 6.45) is 2.22. The van der Waals surface area contributed by atoms with Crippen LogP contribution >= 0.6 is 0 Å². The number of rotatable bonds is 3. The summed E-state index contributed by atoms with van der Waals surface area (Å²) < 4.78 is 1.72. The monoisotopic (exact) mass is 355 g/mol. The zero-order valence-electron chi connectivity index (χ0n) is 15.7. The molecule has 0 aliphatic carbocycles. The van der Waals surface area contributed by atoms with E-state index in [1.807, 2.05) is 51.1 Å². The third-order valence-corrected chi connectivity index (χ3v) is 4.95. The van der Waals surface area contributed by atoms with Gasteiger partial charge >= 0.3 is 5.97 Å². The molecular weight excluding hydrogens is 330 g/mol. The van der Waals surface area contributed by atoms with Gasteiger partial charge in [-0.2, -0.15) is 5.10 Å². The van der Waals surface area contributed by atoms with Gasteiger partial charge in [0.15, 0.2) is 0 Å². The van der Waals surface area contributed by atoms with E-state index in [0.717, 1.165) is 11.4 Å². The molecule has 2 aromatic rings. The van der Waals surface area contributed by atoms with E-state index in [1.165, 1.54) is 0 Å². The standard InChI is InChI=1S/C20H25N3O3/c1-19(2,3)16-15(12-23(21-16)14-8-6-5-7-9-14)17(24)22-11-10-20(4,13-22)18(25)26/h5-9,12H,10-11,13H2,1-4H3,(H,25,26). The third kappa shape index (κ3) is 3.23. The first kappa shape index (κ1) is 18.2. The molecule has 0 radical (unpaired) electrons. The number of para-hydroxylation sites is 1. The molecule has 1 aromatic heterocycles. The molecule has 1 fully saturated rings. The molecule has 0 saturated carbocycles. The van der Waals surface area contributed by atoms with Gasteiger partial charge in [-0.1, -0.05) is 39.0 Å². The van der Waals surface area contributed by atoms with Gasteiger partial charge in [-0.3, -0.25) is 9.59 Å². The lowest BCUT2D eigenvalue weighted by Gasteiger charge is -2.22. The van der Waals surface area contributed by atoms with Crippen molar-refractivity contribution in [2.75, 3.05) is 13.1 Å². The molecule has 3 rings (SSSR count). The van der Waals surface area contributed by atoms with Gasteiger partial charge in [0, 0.05) is 24.7 Å². The average molecular weight is 355 g/mol. The highest BCUT2D eigenvalue weighted by atomic mass is 16.4. The molecule has 0 bridgehead atoms. The summed E-state index contributed by atoms with van der Waals surface area (Å²) in [5.41, 5.74) is 0.952. The fourth-order valence-corrected chi connectivity index (χ4v) is 3.28. The number of hydrogen-bond donors (Lipinski definition) is 1. The molecule has 1 aliphatic heterocycles. The number of carboxylic acid groups (broad SMARTS) is 1. The molecule has 1 saturated heterocycles. The Balaban J connectivity index is 1.98. The van der Waals surface area contributed by atoms with Crippen molar-refractivity contribution in [1.82, 2.24) is 14.7 Å². The van der Waals surface area contributed by atoms with Crippen LogP contribution in [0.25, 0.3) is 5.69 Å². The molecule has 26 heavy (non-hydrogen) atoms. The number of benzene rings is 1. The quantitative estimate of drug-likeness (QED) is 0.918. The van der Waals surface area contributed by atoms with Crippen LogP contribution in [0.1, 0.15) is 50.2 Å². The van der Waals surface area contributed by atoms with Crippen molar-refractivity contribution in [2.45, 2.75) is 39.5 Å². The largest absolute Gasteiger partial charge is 0.481 e. The van der Waals surface area contributed by atoms with E-state index >= 15 is 0 Å². The molecular formula is C20H25N3O3. The number of amides is 1. The van der Waals surface area contributed by atoms with E-state index in [4.69, 9.17) is 0 Å². The molecule has 1 aliphatic rings. The molecule has 1 amide bonds. The normalized spacial score (nSPS) is 20.4. The molecule has 1 unspecified atom stereocenters. The second kappa shape index (κ2) is 6.27. The molecule has 1 N–H and O–H groups in total. The molecule has 6 nitrogen and oxygen atoms in total. The van der Waals surface area contributed by atoms with Crippen LogP contribution in [-0.2, 0) is 10.2 Å². The summed E-state index contributed by atoms with van der Waals surface area (Å²) in [4.78, 5) is 26.3. The van der Waals surface area contributed by atoms with E-state index in [-0.39, 0.29) is 17.9 Å². The van der Waals surface area contributed by atoms with Crippen molar-refractivity contribution in [3.63, 3.8) is 0 Å². The summed E-state index contributed by atoms with van der Waals surface area (Å²) in [5.74, 6) is -1.01. The van der Waals surface area contributed by atoms with Crippen molar-refractivity contribution in [1.29, 1.82) is 0 Å². The van der Waals surface area contributed by atoms with Crippen LogP contribution in [0.2, 0.25) is 0 Å². The summed E-state index contributed by atoms with van der Waals surface area (Å²) in [5, 5.41) is 14.1. The predicted molar refractivity (Wildman–Crippen MR) is 98.5 cm³/mol. The summed E-state index contributed by atoms with van der Waals surface area (Å²) in [6, 6.07) is 9.65. The number of hydrogen-bond acceptors (Lipinski definition) is 3. The maximum absolute atomic E-state index is 13.1. The highest BCUT2D eigenvalue weighted by Gasteiger charge is 2.43. The fourth-order valence-electron chi connectivity index (χ4n) is 3.28. The molecule has 6 heteroatoms. The Labute approximate surface area is 153 Å². The van der Waals surface area contributed by atoms with E-state index in [9.17, 15) is 14.7 Å². The second-order valence-electron chi connectivity index (χ2n) is 8.26. The van der Waals surface area contributed by atoms with Crippen LogP contribution in [0.3, 0.4) is 0 Å². The summed E-state index contributed by atoms with van der Waals surface area (Å²) in [7, 11) is 0. The minimum Gasteiger partial charge on any atom is -0.481 e. The Morgan fingerprint density at radius 3 is 2.38 bits per heavy atom. The highest BCUT2D eigenvalue weighted by molar-refractivity contribution is 5.96. The summed E-state index contributed by atoms with van der Waals surface area (Å²) >= 11 is 0. The summed E-state index contributed by atoms with van der Waals surface area (Å²) in [6.45, 7) is 8.43. The van der Waals surface area contributed by atoms with Crippen LogP contribution < -0.4 is 0 Å². The third-order valence-electron chi connectivity index (χ3n) is 4.95. The van der Waals surface area contributed by atoms with Gasteiger partial charge in [-0.05, 0) is 25.5 Å². The van der Waals surface area contributed by atoms with Crippen LogP contribution in [0.5, 0.6) is 0 Å². The number of aromatic nitrogens is 2. The number of nitrogens with zero attached hydrogens (tertiary/aromatic N) is 3. The van der Waals surface area contributed by atoms with Crippen LogP contribution in [0.15, 0.2) is 36.5 Å². The highest BCUT2D eigenvalue weighted by Crippen LogP contribution is 2.33. The Hall–Kier alpha value is -2.63. The topological polar surface area (TPSA) is 75.4 Å². The maximum atomic E-state index is 13.1. The Morgan fingerprint density at radius 2 is 1.85 bits per heavy atom. The first-order chi connectivity index (χ1) is 12.1. The first-order valence-corrected chi connectivity index (χ1v) is 8.80. The Morgan fingerprint density at radius 1 is 1.19 bits per heavy atom. The zero-order chi connectivity index (χ0) is 19.1. The van der Waals surface area contributed by atoms with Gasteiger partial charge in [-0.25, -0.2) is 4.68 Å². The van der Waals surface area contributed by atoms with Gasteiger partial charge in [0.25, 0.3) is 5.91 Å². The lowest BCUT2D eigenvalue weighted by atomic mass is 9.89. The SMILES string of the molecule is CC1(C(=O)O)CCN(C(=O)c2cn(-c3ccccc3)nc2C(C)(C)C)C1. The van der Waals surface area contributed by atoms with Crippen molar-refractivity contribution >= 4 is 11.9 Å².